The minimum atomic E-state index is -4.43. The topological polar surface area (TPSA) is 44.1 Å². The molecule has 0 aliphatic carbocycles. The predicted octanol–water partition coefficient (Wildman–Crippen LogP) is 6.27. The lowest BCUT2D eigenvalue weighted by atomic mass is 9.99. The summed E-state index contributed by atoms with van der Waals surface area (Å²) >= 11 is 0. The quantitative estimate of drug-likeness (QED) is 0.308. The number of rotatable bonds is 6. The van der Waals surface area contributed by atoms with E-state index in [0.717, 1.165) is 23.3 Å². The fourth-order valence-electron chi connectivity index (χ4n) is 3.85. The van der Waals surface area contributed by atoms with Gasteiger partial charge in [-0.15, -0.1) is 6.42 Å². The molecule has 1 heterocycles. The Kier molecular flexibility index (Phi) is 6.65. The van der Waals surface area contributed by atoms with Crippen molar-refractivity contribution in [3.05, 3.63) is 93.9 Å². The first-order valence-electron chi connectivity index (χ1n) is 11.0. The number of fused-ring (bicyclic) bond motifs is 1. The lowest BCUT2D eigenvalue weighted by Gasteiger charge is -2.15. The molecule has 0 amide bonds. The van der Waals surface area contributed by atoms with Crippen LogP contribution in [0.15, 0.2) is 71.5 Å². The van der Waals surface area contributed by atoms with E-state index in [9.17, 15) is 18.0 Å². The average molecular weight is 476 g/mol. The molecule has 3 aromatic carbocycles. The highest BCUT2D eigenvalue weighted by Crippen LogP contribution is 2.31. The molecule has 0 unspecified atom stereocenters. The Morgan fingerprint density at radius 2 is 1.71 bits per heavy atom. The maximum atomic E-state index is 13.1. The normalized spacial score (nSPS) is 11.6. The Labute approximate surface area is 201 Å². The van der Waals surface area contributed by atoms with Crippen LogP contribution >= 0.6 is 0 Å². The number of hydrogen-bond donors (Lipinski definition) is 0. The van der Waals surface area contributed by atoms with E-state index in [2.05, 4.69) is 24.8 Å². The summed E-state index contributed by atoms with van der Waals surface area (Å²) in [4.78, 5) is 17.5. The van der Waals surface area contributed by atoms with Gasteiger partial charge in [0, 0.05) is 10.9 Å². The summed E-state index contributed by atoms with van der Waals surface area (Å²) in [5, 5.41) is 0.670. The molecule has 0 fully saturated rings. The maximum absolute atomic E-state index is 13.1. The molecule has 4 rings (SSSR count). The van der Waals surface area contributed by atoms with Crippen LogP contribution in [0.2, 0.25) is 0 Å². The average Bonchev–Trinajstić information content (AvgIpc) is 2.84. The van der Waals surface area contributed by atoms with Gasteiger partial charge in [0.15, 0.2) is 0 Å². The van der Waals surface area contributed by atoms with Crippen molar-refractivity contribution >= 4 is 10.9 Å². The van der Waals surface area contributed by atoms with Gasteiger partial charge in [-0.25, -0.2) is 4.79 Å². The largest absolute Gasteiger partial charge is 0.481 e. The van der Waals surface area contributed by atoms with Crippen LogP contribution in [0, 0.1) is 12.3 Å². The number of halogens is 3. The van der Waals surface area contributed by atoms with Gasteiger partial charge >= 0.3 is 11.9 Å². The summed E-state index contributed by atoms with van der Waals surface area (Å²) < 4.78 is 45.8. The molecule has 0 radical (unpaired) electrons. The van der Waals surface area contributed by atoms with Crippen molar-refractivity contribution < 1.29 is 17.9 Å². The summed E-state index contributed by atoms with van der Waals surface area (Å²) in [7, 11) is 0. The van der Waals surface area contributed by atoms with E-state index in [1.807, 2.05) is 24.3 Å². The van der Waals surface area contributed by atoms with Gasteiger partial charge in [-0.2, -0.15) is 18.2 Å². The third-order valence-corrected chi connectivity index (χ3v) is 5.75. The number of benzene rings is 3. The number of terminal acetylenes is 1. The van der Waals surface area contributed by atoms with E-state index in [0.29, 0.717) is 33.8 Å². The first-order valence-corrected chi connectivity index (χ1v) is 11.0. The zero-order valence-electron chi connectivity index (χ0n) is 19.3. The van der Waals surface area contributed by atoms with Crippen LogP contribution in [0.4, 0.5) is 13.2 Å². The molecular formula is C28H23F3N2O2. The molecule has 7 heteroatoms. The van der Waals surface area contributed by atoms with Gasteiger partial charge in [-0.3, -0.25) is 4.57 Å². The van der Waals surface area contributed by atoms with E-state index in [4.69, 9.17) is 11.2 Å². The van der Waals surface area contributed by atoms with E-state index in [-0.39, 0.29) is 13.2 Å². The molecule has 0 bridgehead atoms. The predicted molar refractivity (Wildman–Crippen MR) is 130 cm³/mol. The van der Waals surface area contributed by atoms with Crippen LogP contribution in [0.25, 0.3) is 22.2 Å². The number of alkyl halides is 3. The molecule has 0 atom stereocenters. The molecule has 178 valence electrons. The molecule has 0 N–H and O–H groups in total. The SMILES string of the molecule is C#CCOc1ccc2c(c1)c(-c1ccc(C(C)C)cc1)nc(=O)n2Cc1ccc(C(F)(F)F)cc1. The molecule has 4 aromatic rings. The van der Waals surface area contributed by atoms with Crippen molar-refractivity contribution in [2.24, 2.45) is 0 Å². The Morgan fingerprint density at radius 1 is 1.03 bits per heavy atom. The Morgan fingerprint density at radius 3 is 2.31 bits per heavy atom. The minimum absolute atomic E-state index is 0.0671. The second-order valence-corrected chi connectivity index (χ2v) is 8.47. The van der Waals surface area contributed by atoms with Crippen molar-refractivity contribution in [1.82, 2.24) is 9.55 Å². The number of nitrogens with zero attached hydrogens (tertiary/aromatic N) is 2. The van der Waals surface area contributed by atoms with Crippen LogP contribution in [0.5, 0.6) is 5.75 Å². The van der Waals surface area contributed by atoms with Crippen LogP contribution in [-0.2, 0) is 12.7 Å². The number of aromatic nitrogens is 2. The minimum Gasteiger partial charge on any atom is -0.481 e. The molecule has 0 aliphatic rings. The molecule has 0 saturated heterocycles. The third-order valence-electron chi connectivity index (χ3n) is 5.75. The summed E-state index contributed by atoms with van der Waals surface area (Å²) in [5.74, 6) is 3.30. The Bertz CT molecular complexity index is 1450. The van der Waals surface area contributed by atoms with Crippen LogP contribution in [0.1, 0.15) is 36.5 Å². The number of ether oxygens (including phenoxy) is 1. The van der Waals surface area contributed by atoms with Crippen LogP contribution in [-0.4, -0.2) is 16.2 Å². The second-order valence-electron chi connectivity index (χ2n) is 8.47. The molecule has 0 spiro atoms. The van der Waals surface area contributed by atoms with Gasteiger partial charge in [0.25, 0.3) is 0 Å². The fourth-order valence-corrected chi connectivity index (χ4v) is 3.85. The molecule has 4 nitrogen and oxygen atoms in total. The van der Waals surface area contributed by atoms with Crippen molar-refractivity contribution in [2.75, 3.05) is 6.61 Å². The first-order chi connectivity index (χ1) is 16.7. The second kappa shape index (κ2) is 9.67. The molecule has 0 aliphatic heterocycles. The van der Waals surface area contributed by atoms with Crippen molar-refractivity contribution in [1.29, 1.82) is 0 Å². The highest BCUT2D eigenvalue weighted by atomic mass is 19.4. The highest BCUT2D eigenvalue weighted by molar-refractivity contribution is 5.93. The maximum Gasteiger partial charge on any atom is 0.416 e. The summed E-state index contributed by atoms with van der Waals surface area (Å²) in [6.07, 6.45) is 0.887. The van der Waals surface area contributed by atoms with Gasteiger partial charge in [-0.1, -0.05) is 56.2 Å². The third kappa shape index (κ3) is 5.22. The summed E-state index contributed by atoms with van der Waals surface area (Å²) in [5.41, 5.74) is 2.31. The zero-order chi connectivity index (χ0) is 25.2. The lowest BCUT2D eigenvalue weighted by molar-refractivity contribution is -0.137. The highest BCUT2D eigenvalue weighted by Gasteiger charge is 2.30. The van der Waals surface area contributed by atoms with Crippen LogP contribution in [0.3, 0.4) is 0 Å². The van der Waals surface area contributed by atoms with E-state index >= 15 is 0 Å². The summed E-state index contributed by atoms with van der Waals surface area (Å²) in [6, 6.07) is 17.8. The van der Waals surface area contributed by atoms with E-state index in [1.165, 1.54) is 16.7 Å². The molecular weight excluding hydrogens is 453 g/mol. The van der Waals surface area contributed by atoms with Crippen molar-refractivity contribution in [3.63, 3.8) is 0 Å². The number of hydrogen-bond acceptors (Lipinski definition) is 3. The van der Waals surface area contributed by atoms with E-state index in [1.54, 1.807) is 18.2 Å². The standard InChI is InChI=1S/C28H23F3N2O2/c1-4-15-35-23-13-14-25-24(16-23)26(21-9-7-20(8-10-21)18(2)3)32-27(34)33(25)17-19-5-11-22(12-6-19)28(29,30)31/h1,5-14,16,18H,15,17H2,2-3H3. The Hall–Kier alpha value is -4.05. The van der Waals surface area contributed by atoms with Gasteiger partial charge in [0.1, 0.15) is 12.4 Å². The van der Waals surface area contributed by atoms with E-state index < -0.39 is 17.4 Å². The zero-order valence-corrected chi connectivity index (χ0v) is 19.3. The van der Waals surface area contributed by atoms with Gasteiger partial charge in [-0.05, 0) is 47.4 Å². The van der Waals surface area contributed by atoms with Gasteiger partial charge in [0.2, 0.25) is 0 Å². The fraction of sp³-hybridized carbons (Fsp3) is 0.214. The Balaban J connectivity index is 1.83. The lowest BCUT2D eigenvalue weighted by Crippen LogP contribution is -2.24. The monoisotopic (exact) mass is 476 g/mol. The summed E-state index contributed by atoms with van der Waals surface area (Å²) in [6.45, 7) is 4.35. The van der Waals surface area contributed by atoms with Gasteiger partial charge in [0.05, 0.1) is 23.3 Å². The van der Waals surface area contributed by atoms with Crippen LogP contribution < -0.4 is 10.4 Å². The molecule has 0 saturated carbocycles. The molecule has 1 aromatic heterocycles. The molecule has 35 heavy (non-hydrogen) atoms. The smallest absolute Gasteiger partial charge is 0.416 e. The van der Waals surface area contributed by atoms with Crippen molar-refractivity contribution in [2.45, 2.75) is 32.5 Å². The first kappa shape index (κ1) is 24.1. The van der Waals surface area contributed by atoms with Crippen molar-refractivity contribution in [3.8, 4) is 29.4 Å². The van der Waals surface area contributed by atoms with Gasteiger partial charge < -0.3 is 4.74 Å².